The van der Waals surface area contributed by atoms with Gasteiger partial charge >= 0.3 is 11.7 Å². The predicted molar refractivity (Wildman–Crippen MR) is 65.8 cm³/mol. The van der Waals surface area contributed by atoms with Crippen molar-refractivity contribution in [3.8, 4) is 11.3 Å². The molecule has 7 heteroatoms. The maximum atomic E-state index is 11.1. The van der Waals surface area contributed by atoms with Crippen LogP contribution in [0.25, 0.3) is 22.4 Å². The fourth-order valence-electron chi connectivity index (χ4n) is 1.97. The Morgan fingerprint density at radius 1 is 1.42 bits per heavy atom. The van der Waals surface area contributed by atoms with Crippen molar-refractivity contribution < 1.29 is 14.3 Å². The highest BCUT2D eigenvalue weighted by Crippen LogP contribution is 2.24. The molecule has 3 aromatic rings. The van der Waals surface area contributed by atoms with E-state index in [1.807, 2.05) is 0 Å². The summed E-state index contributed by atoms with van der Waals surface area (Å²) < 4.78 is 4.90. The molecule has 0 radical (unpaired) electrons. The van der Waals surface area contributed by atoms with Crippen molar-refractivity contribution in [1.29, 1.82) is 0 Å². The summed E-state index contributed by atoms with van der Waals surface area (Å²) in [5.41, 5.74) is 2.94. The van der Waals surface area contributed by atoms with Crippen molar-refractivity contribution in [3.63, 3.8) is 0 Å². The molecule has 7 nitrogen and oxygen atoms in total. The number of benzene rings is 1. The lowest BCUT2D eigenvalue weighted by Gasteiger charge is -2.01. The highest BCUT2D eigenvalue weighted by molar-refractivity contribution is 5.81. The summed E-state index contributed by atoms with van der Waals surface area (Å²) >= 11 is 0. The molecule has 0 bridgehead atoms. The quantitative estimate of drug-likeness (QED) is 0.652. The number of aromatic amines is 2. The zero-order valence-corrected chi connectivity index (χ0v) is 9.64. The van der Waals surface area contributed by atoms with Crippen LogP contribution in [0, 0.1) is 0 Å². The second-order valence-corrected chi connectivity index (χ2v) is 4.07. The molecule has 3 N–H and O–H groups in total. The van der Waals surface area contributed by atoms with Crippen molar-refractivity contribution >= 4 is 17.1 Å². The minimum Gasteiger partial charge on any atom is -0.481 e. The Balaban J connectivity index is 2.11. The molecular weight excluding hydrogens is 250 g/mol. The van der Waals surface area contributed by atoms with Crippen molar-refractivity contribution in [2.24, 2.45) is 0 Å². The number of rotatable bonds is 3. The van der Waals surface area contributed by atoms with E-state index >= 15 is 0 Å². The second kappa shape index (κ2) is 4.13. The summed E-state index contributed by atoms with van der Waals surface area (Å²) in [5, 5.41) is 15.4. The van der Waals surface area contributed by atoms with Crippen LogP contribution >= 0.6 is 0 Å². The summed E-state index contributed by atoms with van der Waals surface area (Å²) in [7, 11) is 0. The molecule has 0 saturated carbocycles. The van der Waals surface area contributed by atoms with Gasteiger partial charge in [0.2, 0.25) is 0 Å². The van der Waals surface area contributed by atoms with Crippen LogP contribution in [-0.4, -0.2) is 26.3 Å². The van der Waals surface area contributed by atoms with E-state index in [1.165, 1.54) is 6.20 Å². The van der Waals surface area contributed by atoms with Crippen molar-refractivity contribution in [1.82, 2.24) is 15.2 Å². The third-order valence-corrected chi connectivity index (χ3v) is 2.77. The molecule has 0 aliphatic rings. The number of aliphatic carboxylic acids is 1. The van der Waals surface area contributed by atoms with Crippen LogP contribution < -0.4 is 5.76 Å². The Morgan fingerprint density at radius 3 is 3.05 bits per heavy atom. The normalized spacial score (nSPS) is 10.9. The average molecular weight is 259 g/mol. The summed E-state index contributed by atoms with van der Waals surface area (Å²) in [6.45, 7) is 0. The average Bonchev–Trinajstić information content (AvgIpc) is 2.92. The van der Waals surface area contributed by atoms with Crippen LogP contribution in [0.4, 0.5) is 0 Å². The van der Waals surface area contributed by atoms with Gasteiger partial charge in [-0.1, -0.05) is 0 Å². The number of hydrogen-bond acceptors (Lipinski definition) is 4. The molecule has 2 aromatic heterocycles. The first-order chi connectivity index (χ1) is 9.13. The lowest BCUT2D eigenvalue weighted by Crippen LogP contribution is -2.00. The molecule has 0 aliphatic carbocycles. The third kappa shape index (κ3) is 2.01. The largest absolute Gasteiger partial charge is 0.481 e. The number of aromatic nitrogens is 3. The van der Waals surface area contributed by atoms with Crippen LogP contribution in [0.3, 0.4) is 0 Å². The fourth-order valence-corrected chi connectivity index (χ4v) is 1.97. The summed E-state index contributed by atoms with van der Waals surface area (Å²) in [6, 6.07) is 5.09. The van der Waals surface area contributed by atoms with Crippen LogP contribution in [0.1, 0.15) is 5.56 Å². The van der Waals surface area contributed by atoms with Crippen LogP contribution in [0.2, 0.25) is 0 Å². The molecule has 3 rings (SSSR count). The molecule has 0 saturated heterocycles. The van der Waals surface area contributed by atoms with Gasteiger partial charge in [-0.2, -0.15) is 5.10 Å². The Morgan fingerprint density at radius 2 is 2.26 bits per heavy atom. The second-order valence-electron chi connectivity index (χ2n) is 4.07. The SMILES string of the molecule is O=C(O)Cc1cn[nH]c1-c1ccc2oc(=O)[nH]c2c1. The maximum Gasteiger partial charge on any atom is 0.417 e. The van der Waals surface area contributed by atoms with Gasteiger partial charge in [0.1, 0.15) is 0 Å². The lowest BCUT2D eigenvalue weighted by atomic mass is 10.1. The van der Waals surface area contributed by atoms with E-state index in [4.69, 9.17) is 9.52 Å². The summed E-state index contributed by atoms with van der Waals surface area (Å²) in [6.07, 6.45) is 1.36. The standard InChI is InChI=1S/C12H9N3O4/c16-10(17)4-7-5-13-15-11(7)6-1-2-9-8(3-6)14-12(18)19-9/h1-3,5H,4H2,(H,13,15)(H,14,18)(H,16,17). The number of fused-ring (bicyclic) bond motifs is 1. The van der Waals surface area contributed by atoms with Gasteiger partial charge in [0.15, 0.2) is 5.58 Å². The molecule has 1 aromatic carbocycles. The third-order valence-electron chi connectivity index (χ3n) is 2.77. The number of nitrogens with zero attached hydrogens (tertiary/aromatic N) is 1. The van der Waals surface area contributed by atoms with Gasteiger partial charge in [-0.25, -0.2) is 4.79 Å². The van der Waals surface area contributed by atoms with Crippen LogP contribution in [0.5, 0.6) is 0 Å². The van der Waals surface area contributed by atoms with Crippen LogP contribution in [0.15, 0.2) is 33.6 Å². The molecule has 0 atom stereocenters. The predicted octanol–water partition coefficient (Wildman–Crippen LogP) is 1.14. The zero-order valence-electron chi connectivity index (χ0n) is 9.64. The van der Waals surface area contributed by atoms with Gasteiger partial charge in [0.25, 0.3) is 0 Å². The number of carboxylic acid groups (broad SMARTS) is 1. The summed E-state index contributed by atoms with van der Waals surface area (Å²) in [5.74, 6) is -1.46. The van der Waals surface area contributed by atoms with E-state index in [9.17, 15) is 9.59 Å². The monoisotopic (exact) mass is 259 g/mol. The van der Waals surface area contributed by atoms with Crippen molar-refractivity contribution in [3.05, 3.63) is 40.5 Å². The van der Waals surface area contributed by atoms with E-state index in [2.05, 4.69) is 15.2 Å². The number of H-pyrrole nitrogens is 2. The van der Waals surface area contributed by atoms with Gasteiger partial charge < -0.3 is 9.52 Å². The molecule has 0 spiro atoms. The molecule has 96 valence electrons. The molecule has 19 heavy (non-hydrogen) atoms. The van der Waals surface area contributed by atoms with Gasteiger partial charge in [0, 0.05) is 11.1 Å². The smallest absolute Gasteiger partial charge is 0.417 e. The summed E-state index contributed by atoms with van der Waals surface area (Å²) in [4.78, 5) is 24.4. The van der Waals surface area contributed by atoms with E-state index in [0.717, 1.165) is 5.56 Å². The zero-order chi connectivity index (χ0) is 13.4. The Bertz CT molecular complexity index is 812. The molecular formula is C12H9N3O4. The molecule has 0 fully saturated rings. The highest BCUT2D eigenvalue weighted by Gasteiger charge is 2.12. The maximum absolute atomic E-state index is 11.1. The molecule has 0 aliphatic heterocycles. The van der Waals surface area contributed by atoms with Gasteiger partial charge in [-0.15, -0.1) is 0 Å². The fraction of sp³-hybridized carbons (Fsp3) is 0.0833. The van der Waals surface area contributed by atoms with E-state index in [1.54, 1.807) is 18.2 Å². The molecule has 2 heterocycles. The van der Waals surface area contributed by atoms with Crippen molar-refractivity contribution in [2.45, 2.75) is 6.42 Å². The molecule has 0 amide bonds. The minimum absolute atomic E-state index is 0.119. The van der Waals surface area contributed by atoms with E-state index < -0.39 is 11.7 Å². The number of oxazole rings is 1. The van der Waals surface area contributed by atoms with Gasteiger partial charge in [-0.3, -0.25) is 14.9 Å². The number of carboxylic acids is 1. The number of carbonyl (C=O) groups is 1. The minimum atomic E-state index is -0.930. The Hall–Kier alpha value is -2.83. The Kier molecular flexibility index (Phi) is 2.45. The first-order valence-electron chi connectivity index (χ1n) is 5.51. The van der Waals surface area contributed by atoms with Crippen molar-refractivity contribution in [2.75, 3.05) is 0 Å². The van der Waals surface area contributed by atoms with E-state index in [-0.39, 0.29) is 6.42 Å². The van der Waals surface area contributed by atoms with E-state index in [0.29, 0.717) is 22.4 Å². The van der Waals surface area contributed by atoms with Gasteiger partial charge in [-0.05, 0) is 18.2 Å². The Labute approximate surface area is 105 Å². The highest BCUT2D eigenvalue weighted by atomic mass is 16.4. The number of nitrogens with one attached hydrogen (secondary N) is 2. The number of hydrogen-bond donors (Lipinski definition) is 3. The first kappa shape index (κ1) is 11.3. The van der Waals surface area contributed by atoms with Crippen LogP contribution in [-0.2, 0) is 11.2 Å². The topological polar surface area (TPSA) is 112 Å². The lowest BCUT2D eigenvalue weighted by molar-refractivity contribution is -0.136. The molecule has 0 unspecified atom stereocenters. The van der Waals surface area contributed by atoms with Gasteiger partial charge in [0.05, 0.1) is 23.8 Å². The first-order valence-corrected chi connectivity index (χ1v) is 5.51.